The van der Waals surface area contributed by atoms with Crippen molar-refractivity contribution in [2.75, 3.05) is 18.4 Å². The first kappa shape index (κ1) is 18.4. The predicted octanol–water partition coefficient (Wildman–Crippen LogP) is 5.29. The summed E-state index contributed by atoms with van der Waals surface area (Å²) in [5, 5.41) is 5.55. The maximum Gasteiger partial charge on any atom is 0.257 e. The van der Waals surface area contributed by atoms with Gasteiger partial charge in [-0.1, -0.05) is 48.5 Å². The lowest BCUT2D eigenvalue weighted by molar-refractivity contribution is 0.0726. The van der Waals surface area contributed by atoms with Crippen LogP contribution < -0.4 is 5.32 Å². The summed E-state index contributed by atoms with van der Waals surface area (Å²) in [4.78, 5) is 28.0. The Morgan fingerprint density at radius 1 is 0.857 bits per heavy atom. The molecule has 5 heteroatoms. The lowest BCUT2D eigenvalue weighted by Gasteiger charge is -2.27. The van der Waals surface area contributed by atoms with Crippen molar-refractivity contribution in [3.05, 3.63) is 77.2 Å². The molecule has 0 atom stereocenters. The molecular weight excluding hydrogens is 368 g/mol. The maximum atomic E-state index is 13.4. The van der Waals surface area contributed by atoms with Gasteiger partial charge in [0.2, 0.25) is 0 Å². The number of piperidine rings is 1. The van der Waals surface area contributed by atoms with Gasteiger partial charge in [-0.3, -0.25) is 9.59 Å². The first-order valence-electron chi connectivity index (χ1n) is 9.56. The molecule has 4 rings (SSSR count). The second kappa shape index (κ2) is 8.40. The topological polar surface area (TPSA) is 49.4 Å². The summed E-state index contributed by atoms with van der Waals surface area (Å²) in [7, 11) is 0. The van der Waals surface area contributed by atoms with E-state index >= 15 is 0 Å². The molecule has 0 spiro atoms. The fourth-order valence-electron chi connectivity index (χ4n) is 3.51. The van der Waals surface area contributed by atoms with Crippen LogP contribution in [-0.4, -0.2) is 29.8 Å². The van der Waals surface area contributed by atoms with Crippen molar-refractivity contribution in [1.29, 1.82) is 0 Å². The quantitative estimate of drug-likeness (QED) is 0.658. The molecule has 1 fully saturated rings. The van der Waals surface area contributed by atoms with Crippen molar-refractivity contribution in [2.24, 2.45) is 0 Å². The van der Waals surface area contributed by atoms with Crippen LogP contribution in [0.2, 0.25) is 0 Å². The molecule has 2 amide bonds. The van der Waals surface area contributed by atoms with E-state index < -0.39 is 0 Å². The van der Waals surface area contributed by atoms with Crippen molar-refractivity contribution < 1.29 is 9.59 Å². The van der Waals surface area contributed by atoms with Gasteiger partial charge in [-0.2, -0.15) is 0 Å². The number of anilines is 1. The zero-order valence-corrected chi connectivity index (χ0v) is 16.4. The SMILES string of the molecule is O=C(Nc1scc(-c2ccccc2)c1C(=O)N1CCCCC1)c1ccccc1. The highest BCUT2D eigenvalue weighted by molar-refractivity contribution is 7.15. The number of hydrogen-bond acceptors (Lipinski definition) is 3. The number of benzene rings is 2. The van der Waals surface area contributed by atoms with Crippen molar-refractivity contribution >= 4 is 28.2 Å². The highest BCUT2D eigenvalue weighted by Crippen LogP contribution is 2.37. The van der Waals surface area contributed by atoms with E-state index in [-0.39, 0.29) is 11.8 Å². The van der Waals surface area contributed by atoms with Crippen LogP contribution >= 0.6 is 11.3 Å². The smallest absolute Gasteiger partial charge is 0.257 e. The maximum absolute atomic E-state index is 13.4. The summed E-state index contributed by atoms with van der Waals surface area (Å²) in [5.74, 6) is -0.196. The molecule has 1 N–H and O–H groups in total. The van der Waals surface area contributed by atoms with Crippen molar-refractivity contribution in [1.82, 2.24) is 4.90 Å². The minimum atomic E-state index is -0.199. The van der Waals surface area contributed by atoms with Gasteiger partial charge < -0.3 is 10.2 Å². The van der Waals surface area contributed by atoms with Crippen molar-refractivity contribution in [3.63, 3.8) is 0 Å². The molecule has 1 aromatic heterocycles. The van der Waals surface area contributed by atoms with Gasteiger partial charge in [0.15, 0.2) is 0 Å². The Morgan fingerprint density at radius 3 is 2.18 bits per heavy atom. The molecule has 4 nitrogen and oxygen atoms in total. The van der Waals surface area contributed by atoms with E-state index in [2.05, 4.69) is 5.32 Å². The predicted molar refractivity (Wildman–Crippen MR) is 114 cm³/mol. The lowest BCUT2D eigenvalue weighted by Crippen LogP contribution is -2.36. The van der Waals surface area contributed by atoms with Gasteiger partial charge in [-0.15, -0.1) is 11.3 Å². The van der Waals surface area contributed by atoms with Crippen molar-refractivity contribution in [2.45, 2.75) is 19.3 Å². The Hall–Kier alpha value is -2.92. The largest absolute Gasteiger partial charge is 0.339 e. The van der Waals surface area contributed by atoms with Gasteiger partial charge in [0, 0.05) is 29.6 Å². The summed E-state index contributed by atoms with van der Waals surface area (Å²) in [5.41, 5.74) is 3.04. The van der Waals surface area contributed by atoms with Crippen LogP contribution in [0.1, 0.15) is 40.0 Å². The summed E-state index contributed by atoms with van der Waals surface area (Å²) in [6.45, 7) is 1.55. The third-order valence-electron chi connectivity index (χ3n) is 5.00. The molecule has 1 saturated heterocycles. The second-order valence-electron chi connectivity index (χ2n) is 6.89. The monoisotopic (exact) mass is 390 g/mol. The van der Waals surface area contributed by atoms with Gasteiger partial charge in [0.05, 0.1) is 5.56 Å². The van der Waals surface area contributed by atoms with Gasteiger partial charge in [-0.25, -0.2) is 0 Å². The normalized spacial score (nSPS) is 13.9. The van der Waals surface area contributed by atoms with Crippen LogP contribution in [0.3, 0.4) is 0 Å². The van der Waals surface area contributed by atoms with Crippen LogP contribution in [0.25, 0.3) is 11.1 Å². The Bertz CT molecular complexity index is 961. The zero-order valence-electron chi connectivity index (χ0n) is 15.6. The van der Waals surface area contributed by atoms with E-state index in [0.29, 0.717) is 16.1 Å². The molecule has 1 aliphatic rings. The molecular formula is C23H22N2O2S. The number of rotatable bonds is 4. The van der Waals surface area contributed by atoms with Gasteiger partial charge in [-0.05, 0) is 37.0 Å². The Balaban J connectivity index is 1.70. The van der Waals surface area contributed by atoms with E-state index in [4.69, 9.17) is 0 Å². The number of carbonyl (C=O) groups excluding carboxylic acids is 2. The highest BCUT2D eigenvalue weighted by atomic mass is 32.1. The lowest BCUT2D eigenvalue weighted by atomic mass is 10.0. The van der Waals surface area contributed by atoms with E-state index in [1.165, 1.54) is 11.3 Å². The van der Waals surface area contributed by atoms with Gasteiger partial charge in [0.1, 0.15) is 5.00 Å². The molecule has 0 saturated carbocycles. The second-order valence-corrected chi connectivity index (χ2v) is 7.77. The molecule has 28 heavy (non-hydrogen) atoms. The molecule has 2 heterocycles. The summed E-state index contributed by atoms with van der Waals surface area (Å²) in [6, 6.07) is 19.0. The van der Waals surface area contributed by atoms with E-state index in [0.717, 1.165) is 43.5 Å². The molecule has 0 aliphatic carbocycles. The first-order chi connectivity index (χ1) is 13.7. The average Bonchev–Trinajstić information content (AvgIpc) is 3.18. The minimum Gasteiger partial charge on any atom is -0.339 e. The van der Waals surface area contributed by atoms with E-state index in [1.807, 2.05) is 58.8 Å². The number of amides is 2. The molecule has 3 aromatic rings. The fraction of sp³-hybridized carbons (Fsp3) is 0.217. The summed E-state index contributed by atoms with van der Waals surface area (Å²) < 4.78 is 0. The number of thiophene rings is 1. The van der Waals surface area contributed by atoms with Gasteiger partial charge in [0.25, 0.3) is 11.8 Å². The summed E-state index contributed by atoms with van der Waals surface area (Å²) in [6.07, 6.45) is 3.22. The van der Waals surface area contributed by atoms with Crippen molar-refractivity contribution in [3.8, 4) is 11.1 Å². The molecule has 1 aliphatic heterocycles. The Kier molecular flexibility index (Phi) is 5.53. The van der Waals surface area contributed by atoms with E-state index in [1.54, 1.807) is 12.1 Å². The fourth-order valence-corrected chi connectivity index (χ4v) is 4.47. The number of hydrogen-bond donors (Lipinski definition) is 1. The minimum absolute atomic E-state index is 0.00293. The van der Waals surface area contributed by atoms with Gasteiger partial charge >= 0.3 is 0 Å². The van der Waals surface area contributed by atoms with Crippen LogP contribution in [0.4, 0.5) is 5.00 Å². The average molecular weight is 391 g/mol. The van der Waals surface area contributed by atoms with Crippen LogP contribution in [0.15, 0.2) is 66.0 Å². The molecule has 0 unspecified atom stereocenters. The Labute approximate surface area is 168 Å². The molecule has 142 valence electrons. The first-order valence-corrected chi connectivity index (χ1v) is 10.4. The number of carbonyl (C=O) groups is 2. The number of likely N-dealkylation sites (tertiary alicyclic amines) is 1. The third kappa shape index (κ3) is 3.85. The molecule has 0 bridgehead atoms. The van der Waals surface area contributed by atoms with Crippen LogP contribution in [-0.2, 0) is 0 Å². The third-order valence-corrected chi connectivity index (χ3v) is 5.89. The Morgan fingerprint density at radius 2 is 1.50 bits per heavy atom. The zero-order chi connectivity index (χ0) is 19.3. The molecule has 0 radical (unpaired) electrons. The number of nitrogens with one attached hydrogen (secondary N) is 1. The van der Waals surface area contributed by atoms with E-state index in [9.17, 15) is 9.59 Å². The molecule has 2 aromatic carbocycles. The van der Waals surface area contributed by atoms with Crippen LogP contribution in [0, 0.1) is 0 Å². The number of nitrogens with zero attached hydrogens (tertiary/aromatic N) is 1. The standard InChI is InChI=1S/C23H22N2O2S/c26-21(18-12-6-2-7-13-18)24-22-20(23(27)25-14-8-3-9-15-25)19(16-28-22)17-10-4-1-5-11-17/h1-2,4-7,10-13,16H,3,8-9,14-15H2,(H,24,26). The highest BCUT2D eigenvalue weighted by Gasteiger charge is 2.26. The summed E-state index contributed by atoms with van der Waals surface area (Å²) >= 11 is 1.41. The van der Waals surface area contributed by atoms with Crippen LogP contribution in [0.5, 0.6) is 0 Å².